The van der Waals surface area contributed by atoms with Gasteiger partial charge in [0.15, 0.2) is 11.5 Å². The van der Waals surface area contributed by atoms with Crippen LogP contribution < -0.4 is 14.8 Å². The van der Waals surface area contributed by atoms with Crippen molar-refractivity contribution in [2.45, 2.75) is 19.6 Å². The monoisotopic (exact) mass is 294 g/mol. The lowest BCUT2D eigenvalue weighted by molar-refractivity contribution is -0.0512. The first kappa shape index (κ1) is 15.0. The van der Waals surface area contributed by atoms with Crippen molar-refractivity contribution in [3.63, 3.8) is 0 Å². The van der Waals surface area contributed by atoms with Gasteiger partial charge in [-0.25, -0.2) is 0 Å². The van der Waals surface area contributed by atoms with Gasteiger partial charge in [0.25, 0.3) is 0 Å². The summed E-state index contributed by atoms with van der Waals surface area (Å²) in [6, 6.07) is 8.55. The third-order valence-electron chi connectivity index (χ3n) is 2.95. The Bertz CT molecular complexity index is 579. The predicted molar refractivity (Wildman–Crippen MR) is 75.9 cm³/mol. The lowest BCUT2D eigenvalue weighted by Gasteiger charge is -2.17. The number of anilines is 1. The molecule has 0 aliphatic heterocycles. The standard InChI is InChI=1S/C15H16F2N2O2/c1-10(19-12-4-3-7-18-9-12)11-5-6-13(21-15(16)17)14(8-11)20-2/h3-10,15,19H,1-2H3/t10-/m0/s1. The van der Waals surface area contributed by atoms with Gasteiger partial charge in [-0.3, -0.25) is 4.98 Å². The third-order valence-corrected chi connectivity index (χ3v) is 2.95. The van der Waals surface area contributed by atoms with Crippen LogP contribution in [-0.2, 0) is 0 Å². The number of hydrogen-bond donors (Lipinski definition) is 1. The Morgan fingerprint density at radius 3 is 2.62 bits per heavy atom. The molecular weight excluding hydrogens is 278 g/mol. The predicted octanol–water partition coefficient (Wildman–Crippen LogP) is 3.86. The van der Waals surface area contributed by atoms with Gasteiger partial charge in [-0.1, -0.05) is 6.07 Å². The maximum atomic E-state index is 12.3. The van der Waals surface area contributed by atoms with Gasteiger partial charge < -0.3 is 14.8 Å². The molecule has 21 heavy (non-hydrogen) atoms. The van der Waals surface area contributed by atoms with Gasteiger partial charge in [0.1, 0.15) is 0 Å². The van der Waals surface area contributed by atoms with Crippen LogP contribution >= 0.6 is 0 Å². The summed E-state index contributed by atoms with van der Waals surface area (Å²) in [7, 11) is 1.41. The van der Waals surface area contributed by atoms with Gasteiger partial charge in [0, 0.05) is 18.4 Å². The van der Waals surface area contributed by atoms with Crippen molar-refractivity contribution in [3.8, 4) is 11.5 Å². The van der Waals surface area contributed by atoms with E-state index in [4.69, 9.17) is 4.74 Å². The number of benzene rings is 1. The number of hydrogen-bond acceptors (Lipinski definition) is 4. The van der Waals surface area contributed by atoms with Crippen LogP contribution in [0.15, 0.2) is 42.7 Å². The molecule has 0 amide bonds. The molecule has 6 heteroatoms. The maximum absolute atomic E-state index is 12.3. The molecule has 0 saturated carbocycles. The van der Waals surface area contributed by atoms with Crippen LogP contribution in [0, 0.1) is 0 Å². The number of rotatable bonds is 6. The first-order chi connectivity index (χ1) is 10.1. The first-order valence-corrected chi connectivity index (χ1v) is 6.39. The van der Waals surface area contributed by atoms with E-state index in [9.17, 15) is 8.78 Å². The Labute approximate surface area is 121 Å². The van der Waals surface area contributed by atoms with Crippen LogP contribution in [0.1, 0.15) is 18.5 Å². The molecule has 0 aliphatic carbocycles. The van der Waals surface area contributed by atoms with E-state index in [2.05, 4.69) is 15.0 Å². The van der Waals surface area contributed by atoms with Gasteiger partial charge >= 0.3 is 6.61 Å². The molecule has 2 rings (SSSR count). The fraction of sp³-hybridized carbons (Fsp3) is 0.267. The fourth-order valence-corrected chi connectivity index (χ4v) is 1.93. The highest BCUT2D eigenvalue weighted by Gasteiger charge is 2.13. The summed E-state index contributed by atoms with van der Waals surface area (Å²) in [5.74, 6) is 0.289. The number of nitrogens with one attached hydrogen (secondary N) is 1. The Morgan fingerprint density at radius 1 is 1.19 bits per heavy atom. The maximum Gasteiger partial charge on any atom is 0.387 e. The largest absolute Gasteiger partial charge is 0.493 e. The van der Waals surface area contributed by atoms with Gasteiger partial charge in [0.05, 0.1) is 12.8 Å². The third kappa shape index (κ3) is 4.05. The van der Waals surface area contributed by atoms with E-state index >= 15 is 0 Å². The molecule has 1 N–H and O–H groups in total. The molecular formula is C15H16F2N2O2. The van der Waals surface area contributed by atoms with Gasteiger partial charge in [-0.05, 0) is 36.8 Å². The summed E-state index contributed by atoms with van der Waals surface area (Å²) in [6.45, 7) is -0.925. The van der Waals surface area contributed by atoms with E-state index in [1.165, 1.54) is 13.2 Å². The van der Waals surface area contributed by atoms with Crippen LogP contribution in [0.25, 0.3) is 0 Å². The van der Waals surface area contributed by atoms with Crippen LogP contribution in [0.3, 0.4) is 0 Å². The van der Waals surface area contributed by atoms with Crippen LogP contribution in [-0.4, -0.2) is 18.7 Å². The van der Waals surface area contributed by atoms with Gasteiger partial charge in [0.2, 0.25) is 0 Å². The molecule has 0 radical (unpaired) electrons. The molecule has 0 spiro atoms. The number of alkyl halides is 2. The summed E-state index contributed by atoms with van der Waals surface area (Å²) < 4.78 is 34.1. The van der Waals surface area contributed by atoms with E-state index in [0.29, 0.717) is 0 Å². The number of halogens is 2. The molecule has 0 saturated heterocycles. The zero-order valence-corrected chi connectivity index (χ0v) is 11.7. The lowest BCUT2D eigenvalue weighted by atomic mass is 10.1. The number of methoxy groups -OCH3 is 1. The van der Waals surface area contributed by atoms with Crippen molar-refractivity contribution in [2.75, 3.05) is 12.4 Å². The highest BCUT2D eigenvalue weighted by Crippen LogP contribution is 2.32. The fourth-order valence-electron chi connectivity index (χ4n) is 1.93. The highest BCUT2D eigenvalue weighted by atomic mass is 19.3. The molecule has 1 heterocycles. The lowest BCUT2D eigenvalue weighted by Crippen LogP contribution is -2.08. The average Bonchev–Trinajstić information content (AvgIpc) is 2.48. The second-order valence-corrected chi connectivity index (χ2v) is 4.40. The van der Waals surface area contributed by atoms with E-state index < -0.39 is 6.61 Å². The molecule has 1 aromatic heterocycles. The minimum Gasteiger partial charge on any atom is -0.493 e. The quantitative estimate of drug-likeness (QED) is 0.878. The summed E-state index contributed by atoms with van der Waals surface area (Å²) in [4.78, 5) is 4.02. The van der Waals surface area contributed by atoms with E-state index in [1.54, 1.807) is 24.5 Å². The average molecular weight is 294 g/mol. The summed E-state index contributed by atoms with van der Waals surface area (Å²) in [5.41, 5.74) is 1.76. The topological polar surface area (TPSA) is 43.4 Å². The molecule has 0 fully saturated rings. The van der Waals surface area contributed by atoms with Crippen molar-refractivity contribution in [3.05, 3.63) is 48.3 Å². The normalized spacial score (nSPS) is 12.0. The SMILES string of the molecule is COc1cc([C@H](C)Nc2cccnc2)ccc1OC(F)F. The molecule has 112 valence electrons. The molecule has 0 unspecified atom stereocenters. The van der Waals surface area contributed by atoms with Crippen molar-refractivity contribution in [1.29, 1.82) is 0 Å². The van der Waals surface area contributed by atoms with Crippen LogP contribution in [0.4, 0.5) is 14.5 Å². The molecule has 1 aromatic carbocycles. The summed E-state index contributed by atoms with van der Waals surface area (Å²) in [5, 5.41) is 3.26. The molecule has 0 aliphatic rings. The van der Waals surface area contributed by atoms with Gasteiger partial charge in [-0.15, -0.1) is 0 Å². The smallest absolute Gasteiger partial charge is 0.387 e. The van der Waals surface area contributed by atoms with E-state index in [-0.39, 0.29) is 17.5 Å². The second-order valence-electron chi connectivity index (χ2n) is 4.40. The minimum absolute atomic E-state index is 0.0184. The van der Waals surface area contributed by atoms with E-state index in [1.807, 2.05) is 19.1 Å². The first-order valence-electron chi connectivity index (χ1n) is 6.39. The Hall–Kier alpha value is -2.37. The number of aromatic nitrogens is 1. The van der Waals surface area contributed by atoms with Crippen LogP contribution in [0.2, 0.25) is 0 Å². The number of pyridine rings is 1. The van der Waals surface area contributed by atoms with Crippen molar-refractivity contribution < 1.29 is 18.3 Å². The summed E-state index contributed by atoms with van der Waals surface area (Å²) in [6.07, 6.45) is 3.40. The zero-order chi connectivity index (χ0) is 15.2. The minimum atomic E-state index is -2.88. The molecule has 2 aromatic rings. The Balaban J connectivity index is 2.16. The molecule has 0 bridgehead atoms. The van der Waals surface area contributed by atoms with Crippen molar-refractivity contribution >= 4 is 5.69 Å². The van der Waals surface area contributed by atoms with Crippen molar-refractivity contribution in [1.82, 2.24) is 4.98 Å². The zero-order valence-electron chi connectivity index (χ0n) is 11.7. The number of nitrogens with zero attached hydrogens (tertiary/aromatic N) is 1. The van der Waals surface area contributed by atoms with Gasteiger partial charge in [-0.2, -0.15) is 8.78 Å². The van der Waals surface area contributed by atoms with Crippen LogP contribution in [0.5, 0.6) is 11.5 Å². The van der Waals surface area contributed by atoms with Crippen molar-refractivity contribution in [2.24, 2.45) is 0 Å². The summed E-state index contributed by atoms with van der Waals surface area (Å²) >= 11 is 0. The second kappa shape index (κ2) is 6.88. The molecule has 4 nitrogen and oxygen atoms in total. The highest BCUT2D eigenvalue weighted by molar-refractivity contribution is 5.47. The molecule has 1 atom stereocenters. The Kier molecular flexibility index (Phi) is 4.92. The number of ether oxygens (including phenoxy) is 2. The van der Waals surface area contributed by atoms with E-state index in [0.717, 1.165) is 11.3 Å². The Morgan fingerprint density at radius 2 is 2.00 bits per heavy atom.